The Hall–Kier alpha value is -0.0226. The molecule has 74 valence electrons. The fourth-order valence-corrected chi connectivity index (χ4v) is 4.35. The molecule has 0 N–H and O–H groups in total. The molecule has 5 nitrogen and oxygen atoms in total. The number of hydrogen-bond acceptors (Lipinski definition) is 5. The molecule has 0 radical (unpaired) electrons. The molecule has 7 heteroatoms. The van der Waals surface area contributed by atoms with Crippen LogP contribution in [0.5, 0.6) is 0 Å². The summed E-state index contributed by atoms with van der Waals surface area (Å²) in [6.07, 6.45) is 0. The van der Waals surface area contributed by atoms with E-state index >= 15 is 0 Å². The minimum absolute atomic E-state index is 0. The molecule has 2 aliphatic heterocycles. The smallest absolute Gasteiger partial charge is 0.550 e. The Balaban J connectivity index is 0.000000980. The van der Waals surface area contributed by atoms with E-state index in [9.17, 15) is 18.3 Å². The molecule has 2 fully saturated rings. The van der Waals surface area contributed by atoms with Crippen LogP contribution in [0, 0.1) is 11.3 Å². The zero-order valence-corrected chi connectivity index (χ0v) is 8.67. The van der Waals surface area contributed by atoms with Crippen molar-refractivity contribution in [2.45, 2.75) is 0 Å². The van der Waals surface area contributed by atoms with Crippen molar-refractivity contribution < 1.29 is 41.9 Å². The second-order valence-electron chi connectivity index (χ2n) is 3.78. The number of aliphatic carboxylic acids is 1. The first-order valence-electron chi connectivity index (χ1n) is 3.94. The van der Waals surface area contributed by atoms with Crippen LogP contribution in [-0.4, -0.2) is 39.1 Å². The third kappa shape index (κ3) is 1.72. The molecule has 2 heterocycles. The van der Waals surface area contributed by atoms with Crippen molar-refractivity contribution in [2.75, 3.05) is 24.7 Å². The first-order chi connectivity index (χ1) is 5.95. The van der Waals surface area contributed by atoms with E-state index < -0.39 is 27.1 Å². The number of carboxylic acids is 1. The first-order valence-corrected chi connectivity index (χ1v) is 5.76. The molecule has 0 amide bonds. The van der Waals surface area contributed by atoms with Gasteiger partial charge < -0.3 is 14.6 Å². The molecule has 0 aromatic heterocycles. The van der Waals surface area contributed by atoms with Gasteiger partial charge in [0.25, 0.3) is 0 Å². The molecular weight excluding hydrogens is 203 g/mol. The maximum Gasteiger partial charge on any atom is 1.00 e. The van der Waals surface area contributed by atoms with Gasteiger partial charge in [-0.05, 0) is 0 Å². The normalized spacial score (nSPS) is 31.9. The number of sulfone groups is 1. The van der Waals surface area contributed by atoms with Gasteiger partial charge in [0.1, 0.15) is 0 Å². The van der Waals surface area contributed by atoms with Crippen molar-refractivity contribution in [3.63, 3.8) is 0 Å². The maximum absolute atomic E-state index is 11.2. The Labute approximate surface area is 93.9 Å². The van der Waals surface area contributed by atoms with Crippen molar-refractivity contribution in [1.82, 2.24) is 0 Å². The molecule has 2 saturated heterocycles. The largest absolute Gasteiger partial charge is 1.00 e. The van der Waals surface area contributed by atoms with Gasteiger partial charge in [-0.2, -0.15) is 0 Å². The van der Waals surface area contributed by atoms with Gasteiger partial charge in [-0.25, -0.2) is 8.42 Å². The number of carbonyl (C=O) groups excluding carboxylic acids is 1. The molecule has 2 rings (SSSR count). The Morgan fingerprint density at radius 2 is 2.00 bits per heavy atom. The average Bonchev–Trinajstić information content (AvgIpc) is 2.20. The minimum Gasteiger partial charge on any atom is -0.550 e. The SMILES string of the molecule is O=C([O-])C1CS(=O)(=O)CC12COC2.[Li+]. The summed E-state index contributed by atoms with van der Waals surface area (Å²) in [5.41, 5.74) is -0.683. The van der Waals surface area contributed by atoms with E-state index in [-0.39, 0.29) is 43.6 Å². The van der Waals surface area contributed by atoms with E-state index in [1.807, 2.05) is 0 Å². The Kier molecular flexibility index (Phi) is 3.03. The Bertz CT molecular complexity index is 345. The Morgan fingerprint density at radius 3 is 2.29 bits per heavy atom. The molecule has 1 atom stereocenters. The summed E-state index contributed by atoms with van der Waals surface area (Å²) in [5, 5.41) is 10.7. The topological polar surface area (TPSA) is 83.5 Å². The summed E-state index contributed by atoms with van der Waals surface area (Å²) in [4.78, 5) is 10.7. The van der Waals surface area contributed by atoms with Crippen LogP contribution in [0.3, 0.4) is 0 Å². The van der Waals surface area contributed by atoms with Gasteiger partial charge in [-0.15, -0.1) is 0 Å². The van der Waals surface area contributed by atoms with E-state index in [0.29, 0.717) is 0 Å². The summed E-state index contributed by atoms with van der Waals surface area (Å²) in [7, 11) is -3.21. The van der Waals surface area contributed by atoms with E-state index in [1.54, 1.807) is 0 Å². The van der Waals surface area contributed by atoms with Gasteiger partial charge in [-0.3, -0.25) is 0 Å². The monoisotopic (exact) mass is 212 g/mol. The van der Waals surface area contributed by atoms with Crippen LogP contribution in [0.25, 0.3) is 0 Å². The summed E-state index contributed by atoms with van der Waals surface area (Å²) >= 11 is 0. The second kappa shape index (κ2) is 3.53. The van der Waals surface area contributed by atoms with E-state index in [0.717, 1.165) is 0 Å². The first kappa shape index (κ1) is 12.0. The fourth-order valence-electron chi connectivity index (χ4n) is 2.00. The van der Waals surface area contributed by atoms with Gasteiger partial charge in [0, 0.05) is 17.3 Å². The van der Waals surface area contributed by atoms with Crippen molar-refractivity contribution in [3.05, 3.63) is 0 Å². The van der Waals surface area contributed by atoms with Crippen molar-refractivity contribution in [2.24, 2.45) is 11.3 Å². The number of carbonyl (C=O) groups is 1. The summed E-state index contributed by atoms with van der Waals surface area (Å²) < 4.78 is 27.3. The third-order valence-corrected chi connectivity index (χ3v) is 4.59. The van der Waals surface area contributed by atoms with Crippen LogP contribution in [0.2, 0.25) is 0 Å². The van der Waals surface area contributed by atoms with Crippen LogP contribution in [0.4, 0.5) is 0 Å². The molecule has 14 heavy (non-hydrogen) atoms. The molecule has 0 bridgehead atoms. The molecule has 0 aromatic carbocycles. The molecule has 0 saturated carbocycles. The third-order valence-electron chi connectivity index (χ3n) is 2.73. The molecule has 1 unspecified atom stereocenters. The fraction of sp³-hybridized carbons (Fsp3) is 0.857. The van der Waals surface area contributed by atoms with Crippen molar-refractivity contribution in [3.8, 4) is 0 Å². The zero-order valence-electron chi connectivity index (χ0n) is 7.86. The average molecular weight is 212 g/mol. The quantitative estimate of drug-likeness (QED) is 0.406. The van der Waals surface area contributed by atoms with E-state index in [1.165, 1.54) is 0 Å². The molecular formula is C7H9LiO5S. The summed E-state index contributed by atoms with van der Waals surface area (Å²) in [6.45, 7) is 0.454. The maximum atomic E-state index is 11.2. The van der Waals surface area contributed by atoms with Crippen LogP contribution >= 0.6 is 0 Å². The summed E-state index contributed by atoms with van der Waals surface area (Å²) in [6, 6.07) is 0. The van der Waals surface area contributed by atoms with Gasteiger partial charge >= 0.3 is 18.9 Å². The van der Waals surface area contributed by atoms with Crippen LogP contribution in [-0.2, 0) is 19.4 Å². The van der Waals surface area contributed by atoms with Crippen molar-refractivity contribution in [1.29, 1.82) is 0 Å². The predicted molar refractivity (Wildman–Crippen MR) is 40.4 cm³/mol. The number of hydrogen-bond donors (Lipinski definition) is 0. The predicted octanol–water partition coefficient (Wildman–Crippen LogP) is -5.20. The zero-order chi connectivity index (χ0) is 9.69. The van der Waals surface area contributed by atoms with Crippen molar-refractivity contribution >= 4 is 15.8 Å². The van der Waals surface area contributed by atoms with E-state index in [2.05, 4.69) is 0 Å². The van der Waals surface area contributed by atoms with Gasteiger partial charge in [0.15, 0.2) is 9.84 Å². The van der Waals surface area contributed by atoms with Gasteiger partial charge in [0.2, 0.25) is 0 Å². The van der Waals surface area contributed by atoms with Crippen LogP contribution in [0.15, 0.2) is 0 Å². The Morgan fingerprint density at radius 1 is 1.43 bits per heavy atom. The standard InChI is InChI=1S/C7H10O5S.Li/c8-6(9)5-1-13(10,11)4-7(5)2-12-3-7;/h5H,1-4H2,(H,8,9);/q;+1/p-1. The number of rotatable bonds is 1. The number of carboxylic acid groups (broad SMARTS) is 1. The molecule has 0 aromatic rings. The molecule has 2 aliphatic rings. The van der Waals surface area contributed by atoms with Gasteiger partial charge in [-0.1, -0.05) is 0 Å². The second-order valence-corrected chi connectivity index (χ2v) is 5.89. The van der Waals surface area contributed by atoms with E-state index in [4.69, 9.17) is 4.74 Å². The molecule has 0 aliphatic carbocycles. The van der Waals surface area contributed by atoms with Crippen LogP contribution < -0.4 is 24.0 Å². The minimum atomic E-state index is -3.21. The summed E-state index contributed by atoms with van der Waals surface area (Å²) in [5.74, 6) is -2.52. The number of ether oxygens (including phenoxy) is 1. The van der Waals surface area contributed by atoms with Crippen LogP contribution in [0.1, 0.15) is 0 Å². The van der Waals surface area contributed by atoms with Gasteiger partial charge in [0.05, 0.1) is 24.7 Å². The molecule has 1 spiro atoms.